The number of anilines is 1. The summed E-state index contributed by atoms with van der Waals surface area (Å²) in [5, 5.41) is 19.8. The smallest absolute Gasteiger partial charge is 0.475 e. The van der Waals surface area contributed by atoms with Crippen LogP contribution in [0.5, 0.6) is 11.8 Å². The number of benzene rings is 2. The number of aliphatic carboxylic acids is 1. The number of hydrogen-bond acceptors (Lipinski definition) is 9. The van der Waals surface area contributed by atoms with Gasteiger partial charge in [-0.15, -0.1) is 5.92 Å². The first-order chi connectivity index (χ1) is 21.9. The van der Waals surface area contributed by atoms with E-state index in [4.69, 9.17) is 25.4 Å². The number of ether oxygens (including phenoxy) is 1. The number of carboxylic acid groups (broad SMARTS) is 1. The van der Waals surface area contributed by atoms with E-state index < -0.39 is 18.1 Å². The summed E-state index contributed by atoms with van der Waals surface area (Å²) in [4.78, 5) is 46.6. The fraction of sp³-hybridized carbons (Fsp3) is 0.267. The second kappa shape index (κ2) is 14.3. The fourth-order valence-corrected chi connectivity index (χ4v) is 4.49. The van der Waals surface area contributed by atoms with Crippen molar-refractivity contribution in [1.82, 2.24) is 24.4 Å². The molecule has 0 spiro atoms. The van der Waals surface area contributed by atoms with Crippen LogP contribution in [0.4, 0.5) is 19.1 Å². The molecule has 1 amide bonds. The van der Waals surface area contributed by atoms with Crippen molar-refractivity contribution in [3.63, 3.8) is 0 Å². The molecule has 16 heteroatoms. The van der Waals surface area contributed by atoms with Crippen molar-refractivity contribution in [2.75, 3.05) is 31.1 Å². The predicted molar refractivity (Wildman–Crippen MR) is 159 cm³/mol. The van der Waals surface area contributed by atoms with Gasteiger partial charge in [-0.25, -0.2) is 4.79 Å². The van der Waals surface area contributed by atoms with Gasteiger partial charge in [0.05, 0.1) is 30.3 Å². The molecule has 1 saturated heterocycles. The number of nitrogens with zero attached hydrogens (tertiary/aromatic N) is 6. The van der Waals surface area contributed by atoms with Crippen molar-refractivity contribution in [3.8, 4) is 29.7 Å². The maximum absolute atomic E-state index is 14.1. The van der Waals surface area contributed by atoms with Crippen LogP contribution in [0.2, 0.25) is 0 Å². The molecule has 13 nitrogen and oxygen atoms in total. The Bertz CT molecular complexity index is 1930. The van der Waals surface area contributed by atoms with Gasteiger partial charge >= 0.3 is 18.2 Å². The van der Waals surface area contributed by atoms with E-state index in [1.165, 1.54) is 10.6 Å². The molecule has 1 aliphatic heterocycles. The Hall–Kier alpha value is -5.87. The number of carboxylic acids is 1. The zero-order valence-electron chi connectivity index (χ0n) is 24.3. The monoisotopic (exact) mass is 636 g/mol. The predicted octanol–water partition coefficient (Wildman–Crippen LogP) is 2.47. The maximum atomic E-state index is 14.1. The van der Waals surface area contributed by atoms with Gasteiger partial charge in [0.1, 0.15) is 5.75 Å². The second-order valence-corrected chi connectivity index (χ2v) is 9.70. The maximum Gasteiger partial charge on any atom is 0.490 e. The normalized spacial score (nSPS) is 12.7. The van der Waals surface area contributed by atoms with Gasteiger partial charge in [0.2, 0.25) is 5.95 Å². The largest absolute Gasteiger partial charge is 0.490 e. The summed E-state index contributed by atoms with van der Waals surface area (Å²) in [6.45, 7) is 5.07. The van der Waals surface area contributed by atoms with Crippen molar-refractivity contribution >= 4 is 29.0 Å². The number of aromatic nitrogens is 4. The Morgan fingerprint density at radius 2 is 1.80 bits per heavy atom. The first-order valence-corrected chi connectivity index (χ1v) is 13.7. The highest BCUT2D eigenvalue weighted by atomic mass is 19.4. The fourth-order valence-electron chi connectivity index (χ4n) is 4.49. The Kier molecular flexibility index (Phi) is 10.3. The van der Waals surface area contributed by atoms with Crippen LogP contribution < -0.4 is 26.2 Å². The van der Waals surface area contributed by atoms with Crippen molar-refractivity contribution in [3.05, 3.63) is 75.6 Å². The van der Waals surface area contributed by atoms with Gasteiger partial charge in [-0.3, -0.25) is 18.7 Å². The van der Waals surface area contributed by atoms with Crippen LogP contribution in [0.15, 0.2) is 53.3 Å². The molecule has 3 heterocycles. The number of imidazole rings is 1. The number of piperazine rings is 1. The average Bonchev–Trinajstić information content (AvgIpc) is 3.40. The van der Waals surface area contributed by atoms with E-state index in [1.54, 1.807) is 47.9 Å². The molecule has 0 saturated carbocycles. The molecule has 0 aliphatic carbocycles. The van der Waals surface area contributed by atoms with Crippen LogP contribution in [0.1, 0.15) is 28.4 Å². The van der Waals surface area contributed by atoms with Crippen LogP contribution in [0.25, 0.3) is 11.2 Å². The van der Waals surface area contributed by atoms with Gasteiger partial charge in [0.25, 0.3) is 11.5 Å². The van der Waals surface area contributed by atoms with E-state index in [1.807, 2.05) is 6.07 Å². The van der Waals surface area contributed by atoms with Crippen molar-refractivity contribution in [2.24, 2.45) is 5.73 Å². The summed E-state index contributed by atoms with van der Waals surface area (Å²) in [6, 6.07) is 15.5. The minimum Gasteiger partial charge on any atom is -0.475 e. The molecular formula is C30H27F3N8O5. The van der Waals surface area contributed by atoms with Crippen molar-refractivity contribution in [1.29, 1.82) is 5.26 Å². The number of primary amides is 1. The molecule has 4 aromatic rings. The van der Waals surface area contributed by atoms with Gasteiger partial charge in [-0.1, -0.05) is 30.2 Å². The molecule has 0 radical (unpaired) electrons. The first-order valence-electron chi connectivity index (χ1n) is 13.7. The summed E-state index contributed by atoms with van der Waals surface area (Å²) in [7, 11) is 0. The molecule has 2 aromatic heterocycles. The van der Waals surface area contributed by atoms with Crippen LogP contribution in [-0.2, 0) is 17.9 Å². The average molecular weight is 637 g/mol. The molecule has 4 N–H and O–H groups in total. The summed E-state index contributed by atoms with van der Waals surface area (Å²) in [5.74, 6) is 3.27. The molecule has 5 rings (SSSR count). The topological polar surface area (TPSA) is 181 Å². The number of hydrogen-bond donors (Lipinski definition) is 3. The summed E-state index contributed by atoms with van der Waals surface area (Å²) >= 11 is 0. The lowest BCUT2D eigenvalue weighted by atomic mass is 10.1. The van der Waals surface area contributed by atoms with Gasteiger partial charge < -0.3 is 25.8 Å². The number of carbonyl (C=O) groups is 2. The Balaban J connectivity index is 0.000000617. The number of nitrogens with one attached hydrogen (secondary N) is 1. The van der Waals surface area contributed by atoms with Gasteiger partial charge in [0.15, 0.2) is 11.2 Å². The van der Waals surface area contributed by atoms with E-state index >= 15 is 0 Å². The molecule has 0 bridgehead atoms. The van der Waals surface area contributed by atoms with E-state index in [2.05, 4.69) is 33.1 Å². The molecule has 1 aliphatic rings. The number of rotatable bonds is 7. The number of nitriles is 1. The highest BCUT2D eigenvalue weighted by Crippen LogP contribution is 2.27. The molecule has 238 valence electrons. The highest BCUT2D eigenvalue weighted by molar-refractivity contribution is 5.95. The van der Waals surface area contributed by atoms with Crippen molar-refractivity contribution in [2.45, 2.75) is 26.2 Å². The van der Waals surface area contributed by atoms with Crippen LogP contribution in [0.3, 0.4) is 0 Å². The molecule has 2 aromatic carbocycles. The quantitative estimate of drug-likeness (QED) is 0.255. The van der Waals surface area contributed by atoms with Crippen molar-refractivity contribution < 1.29 is 32.6 Å². The number of carbonyl (C=O) groups excluding carboxylic acids is 1. The second-order valence-electron chi connectivity index (χ2n) is 9.70. The van der Waals surface area contributed by atoms with Crippen LogP contribution >= 0.6 is 0 Å². The SMILES string of the molecule is CC#CCn1c(N2CCNCC2)nc2nc(Oc3ccccc3C(N)=O)n(Cc3cccc(C#N)c3)c(=O)c21.O=C(O)C(F)(F)F. The van der Waals surface area contributed by atoms with E-state index in [-0.39, 0.29) is 41.6 Å². The summed E-state index contributed by atoms with van der Waals surface area (Å²) < 4.78 is 41.0. The summed E-state index contributed by atoms with van der Waals surface area (Å²) in [5.41, 5.74) is 6.97. The van der Waals surface area contributed by atoms with Crippen LogP contribution in [0, 0.1) is 23.2 Å². The van der Waals surface area contributed by atoms with Crippen LogP contribution in [-0.4, -0.2) is 68.4 Å². The summed E-state index contributed by atoms with van der Waals surface area (Å²) in [6.07, 6.45) is -5.08. The minimum atomic E-state index is -5.08. The lowest BCUT2D eigenvalue weighted by molar-refractivity contribution is -0.192. The number of alkyl halides is 3. The van der Waals surface area contributed by atoms with Gasteiger partial charge in [0, 0.05) is 26.2 Å². The zero-order valence-corrected chi connectivity index (χ0v) is 24.3. The molecule has 46 heavy (non-hydrogen) atoms. The van der Waals surface area contributed by atoms with Gasteiger partial charge in [-0.2, -0.15) is 28.4 Å². The highest BCUT2D eigenvalue weighted by Gasteiger charge is 2.38. The third kappa shape index (κ3) is 7.61. The Labute approximate surface area is 259 Å². The number of para-hydroxylation sites is 1. The zero-order chi connectivity index (χ0) is 33.4. The molecular weight excluding hydrogens is 609 g/mol. The lowest BCUT2D eigenvalue weighted by Crippen LogP contribution is -2.44. The molecule has 1 fully saturated rings. The third-order valence-electron chi connectivity index (χ3n) is 6.62. The van der Waals surface area contributed by atoms with E-state index in [0.717, 1.165) is 13.1 Å². The van der Waals surface area contributed by atoms with E-state index in [0.29, 0.717) is 35.7 Å². The minimum absolute atomic E-state index is 0.0540. The molecule has 0 atom stereocenters. The molecule has 0 unspecified atom stereocenters. The Morgan fingerprint density at radius 1 is 1.11 bits per heavy atom. The third-order valence-corrected chi connectivity index (χ3v) is 6.62. The first kappa shape index (κ1) is 33.0. The Morgan fingerprint density at radius 3 is 2.43 bits per heavy atom. The number of nitrogens with two attached hydrogens (primary N) is 1. The number of amides is 1. The standard InChI is InChI=1S/C28H26N8O3.C2HF3O2/c1-2-3-13-35-23-25(32-27(35)34-14-11-31-12-15-34)33-28(39-22-10-5-4-9-21(22)24(30)37)36(26(23)38)18-20-8-6-7-19(16-20)17-29;3-2(4,5)1(6)7/h4-10,16,31H,11-15,18H2,1H3,(H2,30,37);(H,6,7). The number of fused-ring (bicyclic) bond motifs is 1. The van der Waals surface area contributed by atoms with Gasteiger partial charge in [-0.05, 0) is 36.8 Å². The lowest BCUT2D eigenvalue weighted by Gasteiger charge is -2.28. The number of halogens is 3. The van der Waals surface area contributed by atoms with E-state index in [9.17, 15) is 28.0 Å².